The molecule has 0 aliphatic heterocycles. The lowest BCUT2D eigenvalue weighted by Crippen LogP contribution is -2.33. The molecule has 5 nitrogen and oxygen atoms in total. The molecule has 0 radical (unpaired) electrons. The number of methoxy groups -OCH3 is 1. The Morgan fingerprint density at radius 1 is 1.40 bits per heavy atom. The standard InChI is InChI=1S/C14H22N2O3S/c1-10-3-6-14(7-11(10)9-15)20(17,18)16-12-4-5-13(8-12)19-2/h3,6-7,12-13,16H,4-5,8-9,15H2,1-2H3. The minimum Gasteiger partial charge on any atom is -0.381 e. The summed E-state index contributed by atoms with van der Waals surface area (Å²) in [4.78, 5) is 0.282. The molecule has 3 N–H and O–H groups in total. The van der Waals surface area contributed by atoms with E-state index < -0.39 is 10.0 Å². The van der Waals surface area contributed by atoms with Gasteiger partial charge in [0.25, 0.3) is 0 Å². The summed E-state index contributed by atoms with van der Waals surface area (Å²) in [5.41, 5.74) is 7.49. The number of hydrogen-bond acceptors (Lipinski definition) is 4. The van der Waals surface area contributed by atoms with Crippen LogP contribution in [0.5, 0.6) is 0 Å². The largest absolute Gasteiger partial charge is 0.381 e. The lowest BCUT2D eigenvalue weighted by Gasteiger charge is -2.14. The number of nitrogens with two attached hydrogens (primary N) is 1. The fourth-order valence-corrected chi connectivity index (χ4v) is 3.92. The molecule has 0 spiro atoms. The Bertz CT molecular complexity index is 572. The van der Waals surface area contributed by atoms with Gasteiger partial charge in [-0.05, 0) is 49.4 Å². The predicted octanol–water partition coefficient (Wildman–Crippen LogP) is 1.30. The zero-order valence-corrected chi connectivity index (χ0v) is 12.7. The van der Waals surface area contributed by atoms with Crippen LogP contribution in [0.15, 0.2) is 23.1 Å². The van der Waals surface area contributed by atoms with Crippen molar-refractivity contribution in [3.05, 3.63) is 29.3 Å². The molecule has 0 amide bonds. The molecular weight excluding hydrogens is 276 g/mol. The molecule has 0 aromatic heterocycles. The summed E-state index contributed by atoms with van der Waals surface area (Å²) in [7, 11) is -1.82. The Balaban J connectivity index is 2.14. The lowest BCUT2D eigenvalue weighted by molar-refractivity contribution is 0.107. The summed E-state index contributed by atoms with van der Waals surface area (Å²) in [5, 5.41) is 0. The Hall–Kier alpha value is -0.950. The SMILES string of the molecule is COC1CCC(NS(=O)(=O)c2ccc(C)c(CN)c2)C1. The van der Waals surface area contributed by atoms with E-state index in [1.807, 2.05) is 6.92 Å². The molecule has 0 heterocycles. The van der Waals surface area contributed by atoms with Crippen molar-refractivity contribution in [3.8, 4) is 0 Å². The molecular formula is C14H22N2O3S. The van der Waals surface area contributed by atoms with Crippen LogP contribution in [-0.4, -0.2) is 27.7 Å². The van der Waals surface area contributed by atoms with Gasteiger partial charge in [-0.2, -0.15) is 0 Å². The first kappa shape index (κ1) is 15.4. The van der Waals surface area contributed by atoms with Gasteiger partial charge in [0, 0.05) is 19.7 Å². The van der Waals surface area contributed by atoms with Crippen molar-refractivity contribution in [2.24, 2.45) is 5.73 Å². The Labute approximate surface area is 120 Å². The number of nitrogens with one attached hydrogen (secondary N) is 1. The maximum absolute atomic E-state index is 12.4. The molecule has 0 bridgehead atoms. The van der Waals surface area contributed by atoms with Crippen LogP contribution in [0.4, 0.5) is 0 Å². The third kappa shape index (κ3) is 3.38. The third-order valence-electron chi connectivity index (χ3n) is 3.89. The molecule has 1 aliphatic rings. The maximum atomic E-state index is 12.4. The van der Waals surface area contributed by atoms with Crippen LogP contribution in [-0.2, 0) is 21.3 Å². The average molecular weight is 298 g/mol. The lowest BCUT2D eigenvalue weighted by atomic mass is 10.1. The first-order valence-corrected chi connectivity index (χ1v) is 8.29. The average Bonchev–Trinajstić information content (AvgIpc) is 2.86. The number of benzene rings is 1. The normalized spacial score (nSPS) is 23.1. The fourth-order valence-electron chi connectivity index (χ4n) is 2.58. The van der Waals surface area contributed by atoms with E-state index in [1.165, 1.54) is 0 Å². The Kier molecular flexibility index (Phi) is 4.80. The number of ether oxygens (including phenoxy) is 1. The quantitative estimate of drug-likeness (QED) is 0.858. The molecule has 2 atom stereocenters. The highest BCUT2D eigenvalue weighted by Gasteiger charge is 2.28. The van der Waals surface area contributed by atoms with Gasteiger partial charge in [0.1, 0.15) is 0 Å². The van der Waals surface area contributed by atoms with Gasteiger partial charge < -0.3 is 10.5 Å². The van der Waals surface area contributed by atoms with Crippen molar-refractivity contribution in [3.63, 3.8) is 0 Å². The number of rotatable bonds is 5. The highest BCUT2D eigenvalue weighted by molar-refractivity contribution is 7.89. The van der Waals surface area contributed by atoms with Gasteiger partial charge in [-0.25, -0.2) is 13.1 Å². The summed E-state index contributed by atoms with van der Waals surface area (Å²) in [6.07, 6.45) is 2.59. The summed E-state index contributed by atoms with van der Waals surface area (Å²) in [5.74, 6) is 0. The van der Waals surface area contributed by atoms with Gasteiger partial charge in [0.05, 0.1) is 11.0 Å². The minimum absolute atomic E-state index is 0.0485. The topological polar surface area (TPSA) is 81.4 Å². The van der Waals surface area contributed by atoms with Crippen LogP contribution >= 0.6 is 0 Å². The molecule has 0 saturated heterocycles. The minimum atomic E-state index is -3.49. The van der Waals surface area contributed by atoms with Crippen LogP contribution in [0.25, 0.3) is 0 Å². The maximum Gasteiger partial charge on any atom is 0.240 e. The molecule has 2 unspecified atom stereocenters. The molecule has 2 rings (SSSR count). The van der Waals surface area contributed by atoms with Crippen molar-refractivity contribution in [1.82, 2.24) is 4.72 Å². The summed E-state index contributed by atoms with van der Waals surface area (Å²) in [6, 6.07) is 5.02. The molecule has 112 valence electrons. The first-order chi connectivity index (χ1) is 9.46. The van der Waals surface area contributed by atoms with E-state index in [1.54, 1.807) is 25.3 Å². The van der Waals surface area contributed by atoms with Gasteiger partial charge in [-0.15, -0.1) is 0 Å². The van der Waals surface area contributed by atoms with Crippen LogP contribution in [0.1, 0.15) is 30.4 Å². The molecule has 1 fully saturated rings. The van der Waals surface area contributed by atoms with Crippen molar-refractivity contribution >= 4 is 10.0 Å². The molecule has 20 heavy (non-hydrogen) atoms. The number of aryl methyl sites for hydroxylation is 1. The summed E-state index contributed by atoms with van der Waals surface area (Å²) in [6.45, 7) is 2.26. The fraction of sp³-hybridized carbons (Fsp3) is 0.571. The van der Waals surface area contributed by atoms with E-state index in [2.05, 4.69) is 4.72 Å². The molecule has 1 aromatic carbocycles. The van der Waals surface area contributed by atoms with E-state index in [0.717, 1.165) is 30.4 Å². The van der Waals surface area contributed by atoms with E-state index >= 15 is 0 Å². The van der Waals surface area contributed by atoms with Gasteiger partial charge in [0.15, 0.2) is 0 Å². The highest BCUT2D eigenvalue weighted by atomic mass is 32.2. The smallest absolute Gasteiger partial charge is 0.240 e. The van der Waals surface area contributed by atoms with Gasteiger partial charge in [0.2, 0.25) is 10.0 Å². The molecule has 1 aliphatic carbocycles. The monoisotopic (exact) mass is 298 g/mol. The van der Waals surface area contributed by atoms with Gasteiger partial charge in [-0.1, -0.05) is 6.07 Å². The second-order valence-corrected chi connectivity index (χ2v) is 7.00. The first-order valence-electron chi connectivity index (χ1n) is 6.81. The number of hydrogen-bond donors (Lipinski definition) is 2. The van der Waals surface area contributed by atoms with Gasteiger partial charge >= 0.3 is 0 Å². The summed E-state index contributed by atoms with van der Waals surface area (Å²) < 4.78 is 32.8. The third-order valence-corrected chi connectivity index (χ3v) is 5.41. The summed E-state index contributed by atoms with van der Waals surface area (Å²) >= 11 is 0. The zero-order valence-electron chi connectivity index (χ0n) is 11.9. The van der Waals surface area contributed by atoms with E-state index in [-0.39, 0.29) is 17.0 Å². The van der Waals surface area contributed by atoms with Crippen LogP contribution in [0.2, 0.25) is 0 Å². The highest BCUT2D eigenvalue weighted by Crippen LogP contribution is 2.23. The van der Waals surface area contributed by atoms with Gasteiger partial charge in [-0.3, -0.25) is 0 Å². The van der Waals surface area contributed by atoms with Crippen LogP contribution < -0.4 is 10.5 Å². The second kappa shape index (κ2) is 6.22. The Morgan fingerprint density at radius 2 is 2.15 bits per heavy atom. The number of sulfonamides is 1. The predicted molar refractivity (Wildman–Crippen MR) is 77.8 cm³/mol. The molecule has 1 saturated carbocycles. The van der Waals surface area contributed by atoms with Crippen molar-refractivity contribution < 1.29 is 13.2 Å². The zero-order chi connectivity index (χ0) is 14.8. The van der Waals surface area contributed by atoms with Crippen LogP contribution in [0.3, 0.4) is 0 Å². The molecule has 1 aromatic rings. The second-order valence-electron chi connectivity index (χ2n) is 5.28. The van der Waals surface area contributed by atoms with Crippen LogP contribution in [0, 0.1) is 6.92 Å². The molecule has 6 heteroatoms. The van der Waals surface area contributed by atoms with E-state index in [9.17, 15) is 8.42 Å². The Morgan fingerprint density at radius 3 is 2.75 bits per heavy atom. The van der Waals surface area contributed by atoms with E-state index in [4.69, 9.17) is 10.5 Å². The van der Waals surface area contributed by atoms with Crippen molar-refractivity contribution in [1.29, 1.82) is 0 Å². The van der Waals surface area contributed by atoms with Crippen molar-refractivity contribution in [2.75, 3.05) is 7.11 Å². The van der Waals surface area contributed by atoms with Crippen molar-refractivity contribution in [2.45, 2.75) is 49.8 Å². The van der Waals surface area contributed by atoms with E-state index in [0.29, 0.717) is 6.54 Å².